The minimum Gasteiger partial charge on any atom is -0.458 e. The highest BCUT2D eigenvalue weighted by atomic mass is 16.6. The zero-order valence-electron chi connectivity index (χ0n) is 18.0. The standard InChI is InChI=1S/C20H15N3O6.C3H8/c1-2-20(26)13-7-16-17-10(8-22(16)18(24)12(13)9-29-19(20)25)6-11-14(21-17)4-3-5-15(11)23(27)28;1-3-2/h3-7,26H,2,8-9H2,1H3;3H2,1-2H3. The maximum absolute atomic E-state index is 13.1. The Morgan fingerprint density at radius 3 is 2.62 bits per heavy atom. The summed E-state index contributed by atoms with van der Waals surface area (Å²) >= 11 is 0. The Bertz CT molecular complexity index is 1330. The number of esters is 1. The zero-order chi connectivity index (χ0) is 23.2. The van der Waals surface area contributed by atoms with E-state index in [1.54, 1.807) is 31.2 Å². The van der Waals surface area contributed by atoms with Crippen molar-refractivity contribution in [3.05, 3.63) is 67.5 Å². The number of cyclic esters (lactones) is 1. The Morgan fingerprint density at radius 1 is 1.25 bits per heavy atom. The summed E-state index contributed by atoms with van der Waals surface area (Å²) in [5.41, 5.74) is 0.241. The van der Waals surface area contributed by atoms with Crippen molar-refractivity contribution in [3.8, 4) is 11.4 Å². The van der Waals surface area contributed by atoms with Crippen molar-refractivity contribution in [1.82, 2.24) is 9.55 Å². The second kappa shape index (κ2) is 7.83. The molecule has 0 saturated heterocycles. The molecule has 9 heteroatoms. The van der Waals surface area contributed by atoms with E-state index in [9.17, 15) is 24.8 Å². The number of hydrogen-bond acceptors (Lipinski definition) is 7. The van der Waals surface area contributed by atoms with Gasteiger partial charge in [-0.05, 0) is 24.6 Å². The predicted molar refractivity (Wildman–Crippen MR) is 117 cm³/mol. The van der Waals surface area contributed by atoms with Gasteiger partial charge in [0.15, 0.2) is 5.60 Å². The van der Waals surface area contributed by atoms with Crippen LogP contribution in [0.1, 0.15) is 50.3 Å². The highest BCUT2D eigenvalue weighted by Crippen LogP contribution is 2.39. The van der Waals surface area contributed by atoms with E-state index in [-0.39, 0.29) is 41.9 Å². The molecule has 0 saturated carbocycles. The molecule has 0 fully saturated rings. The number of hydrogen-bond donors (Lipinski definition) is 1. The third-order valence-electron chi connectivity index (χ3n) is 5.73. The van der Waals surface area contributed by atoms with E-state index in [4.69, 9.17) is 4.74 Å². The van der Waals surface area contributed by atoms with E-state index in [1.807, 2.05) is 0 Å². The Kier molecular flexibility index (Phi) is 5.29. The van der Waals surface area contributed by atoms with Gasteiger partial charge < -0.3 is 14.4 Å². The predicted octanol–water partition coefficient (Wildman–Crippen LogP) is 3.40. The Morgan fingerprint density at radius 2 is 1.97 bits per heavy atom. The third-order valence-corrected chi connectivity index (χ3v) is 5.73. The number of pyridine rings is 2. The van der Waals surface area contributed by atoms with Gasteiger partial charge >= 0.3 is 5.97 Å². The number of nitro groups is 1. The van der Waals surface area contributed by atoms with E-state index in [2.05, 4.69) is 18.8 Å². The normalized spacial score (nSPS) is 18.2. The molecule has 4 heterocycles. The molecule has 32 heavy (non-hydrogen) atoms. The lowest BCUT2D eigenvalue weighted by atomic mass is 9.86. The van der Waals surface area contributed by atoms with Crippen LogP contribution >= 0.6 is 0 Å². The summed E-state index contributed by atoms with van der Waals surface area (Å²) in [6, 6.07) is 7.92. The largest absolute Gasteiger partial charge is 0.458 e. The summed E-state index contributed by atoms with van der Waals surface area (Å²) in [5.74, 6) is -0.780. The summed E-state index contributed by atoms with van der Waals surface area (Å²) in [6.07, 6.45) is 1.31. The van der Waals surface area contributed by atoms with Crippen LogP contribution in [0, 0.1) is 10.1 Å². The van der Waals surface area contributed by atoms with Gasteiger partial charge in [-0.15, -0.1) is 0 Å². The number of fused-ring (bicyclic) bond motifs is 5. The van der Waals surface area contributed by atoms with Gasteiger partial charge in [0.25, 0.3) is 11.2 Å². The lowest BCUT2D eigenvalue weighted by Gasteiger charge is -2.31. The fraction of sp³-hybridized carbons (Fsp3) is 0.348. The third kappa shape index (κ3) is 3.08. The quantitative estimate of drug-likeness (QED) is 0.289. The molecular weight excluding hydrogens is 414 g/mol. The lowest BCUT2D eigenvalue weighted by Crippen LogP contribution is -2.44. The van der Waals surface area contributed by atoms with Gasteiger partial charge in [-0.2, -0.15) is 0 Å². The van der Waals surface area contributed by atoms with Crippen LogP contribution in [-0.4, -0.2) is 25.6 Å². The summed E-state index contributed by atoms with van der Waals surface area (Å²) in [5, 5.41) is 22.6. The molecule has 1 aromatic carbocycles. The molecular formula is C23H23N3O6. The van der Waals surface area contributed by atoms with Crippen molar-refractivity contribution >= 4 is 22.6 Å². The lowest BCUT2D eigenvalue weighted by molar-refractivity contribution is -0.383. The van der Waals surface area contributed by atoms with Gasteiger partial charge in [-0.3, -0.25) is 14.9 Å². The average molecular weight is 437 g/mol. The second-order valence-electron chi connectivity index (χ2n) is 7.91. The molecule has 0 amide bonds. The first-order valence-corrected chi connectivity index (χ1v) is 10.5. The highest BCUT2D eigenvalue weighted by molar-refractivity contribution is 5.91. The number of ether oxygens (including phenoxy) is 1. The fourth-order valence-electron chi connectivity index (χ4n) is 4.15. The highest BCUT2D eigenvalue weighted by Gasteiger charge is 2.45. The number of non-ortho nitro benzene ring substituents is 1. The molecule has 0 bridgehead atoms. The van der Waals surface area contributed by atoms with Gasteiger partial charge in [0.1, 0.15) is 6.61 Å². The van der Waals surface area contributed by atoms with Gasteiger partial charge in [-0.25, -0.2) is 9.78 Å². The van der Waals surface area contributed by atoms with Crippen LogP contribution in [0.3, 0.4) is 0 Å². The topological polar surface area (TPSA) is 125 Å². The molecule has 2 aliphatic rings. The van der Waals surface area contributed by atoms with Crippen LogP contribution < -0.4 is 5.56 Å². The van der Waals surface area contributed by atoms with Crippen LogP contribution in [0.5, 0.6) is 0 Å². The van der Waals surface area contributed by atoms with Crippen LogP contribution in [0.25, 0.3) is 22.3 Å². The molecule has 166 valence electrons. The average Bonchev–Trinajstić information content (AvgIpc) is 3.13. The molecule has 5 rings (SSSR count). The Labute approximate surface area is 183 Å². The smallest absolute Gasteiger partial charge is 0.343 e. The maximum Gasteiger partial charge on any atom is 0.343 e. The van der Waals surface area contributed by atoms with Crippen LogP contribution in [0.4, 0.5) is 5.69 Å². The number of nitrogens with zero attached hydrogens (tertiary/aromatic N) is 3. The van der Waals surface area contributed by atoms with E-state index >= 15 is 0 Å². The van der Waals surface area contributed by atoms with E-state index < -0.39 is 16.5 Å². The Hall–Kier alpha value is -3.59. The minimum absolute atomic E-state index is 0.0558. The zero-order valence-corrected chi connectivity index (χ0v) is 18.0. The number of nitro benzene ring substituents is 1. The van der Waals surface area contributed by atoms with Crippen molar-refractivity contribution in [2.45, 2.75) is 52.4 Å². The van der Waals surface area contributed by atoms with Crippen molar-refractivity contribution in [3.63, 3.8) is 0 Å². The molecule has 0 aliphatic carbocycles. The maximum atomic E-state index is 13.1. The number of aromatic nitrogens is 2. The number of carbonyl (C=O) groups excluding carboxylic acids is 1. The molecule has 3 aromatic rings. The number of rotatable bonds is 2. The Balaban J connectivity index is 0.000000775. The molecule has 1 N–H and O–H groups in total. The minimum atomic E-state index is -1.89. The first kappa shape index (κ1) is 21.6. The van der Waals surface area contributed by atoms with Gasteiger partial charge in [0, 0.05) is 17.2 Å². The number of carbonyl (C=O) groups is 1. The molecule has 0 spiro atoms. The van der Waals surface area contributed by atoms with Crippen LogP contribution in [0.15, 0.2) is 35.1 Å². The molecule has 9 nitrogen and oxygen atoms in total. The van der Waals surface area contributed by atoms with Gasteiger partial charge in [0.2, 0.25) is 0 Å². The number of benzene rings is 1. The summed E-state index contributed by atoms with van der Waals surface area (Å²) < 4.78 is 6.54. The molecule has 0 radical (unpaired) electrons. The molecule has 2 aromatic heterocycles. The monoisotopic (exact) mass is 437 g/mol. The molecule has 1 unspecified atom stereocenters. The van der Waals surface area contributed by atoms with Crippen molar-refractivity contribution in [2.75, 3.05) is 0 Å². The van der Waals surface area contributed by atoms with E-state index in [0.29, 0.717) is 27.9 Å². The van der Waals surface area contributed by atoms with Crippen molar-refractivity contribution in [1.29, 1.82) is 0 Å². The van der Waals surface area contributed by atoms with Gasteiger partial charge in [-0.1, -0.05) is 33.3 Å². The van der Waals surface area contributed by atoms with Crippen molar-refractivity contribution in [2.24, 2.45) is 0 Å². The van der Waals surface area contributed by atoms with Crippen LogP contribution in [0.2, 0.25) is 0 Å². The summed E-state index contributed by atoms with van der Waals surface area (Å²) in [7, 11) is 0. The SMILES string of the molecule is CCC.CCC1(O)C(=O)OCc2c1cc1n(c2=O)Cc2cc3c([N+](=O)[O-])cccc3nc2-1. The van der Waals surface area contributed by atoms with E-state index in [1.165, 1.54) is 17.1 Å². The summed E-state index contributed by atoms with van der Waals surface area (Å²) in [4.78, 5) is 40.7. The van der Waals surface area contributed by atoms with E-state index in [0.717, 1.165) is 0 Å². The molecule has 2 aliphatic heterocycles. The number of aliphatic hydroxyl groups is 1. The summed E-state index contributed by atoms with van der Waals surface area (Å²) in [6.45, 7) is 5.89. The van der Waals surface area contributed by atoms with Gasteiger partial charge in [0.05, 0.1) is 39.3 Å². The first-order valence-electron chi connectivity index (χ1n) is 10.5. The molecule has 1 atom stereocenters. The second-order valence-corrected chi connectivity index (χ2v) is 7.91. The fourth-order valence-corrected chi connectivity index (χ4v) is 4.15. The van der Waals surface area contributed by atoms with Crippen LogP contribution in [-0.2, 0) is 28.3 Å². The first-order chi connectivity index (χ1) is 15.3. The van der Waals surface area contributed by atoms with Crippen molar-refractivity contribution < 1.29 is 19.6 Å².